The van der Waals surface area contributed by atoms with E-state index in [0.29, 0.717) is 5.92 Å². The van der Waals surface area contributed by atoms with Crippen LogP contribution in [0.15, 0.2) is 30.3 Å². The molecule has 3 atom stereocenters. The first kappa shape index (κ1) is 10.8. The lowest BCUT2D eigenvalue weighted by Gasteiger charge is -2.33. The lowest BCUT2D eigenvalue weighted by Crippen LogP contribution is -2.45. The molecule has 90 valence electrons. The van der Waals surface area contributed by atoms with Gasteiger partial charge in [-0.15, -0.1) is 0 Å². The van der Waals surface area contributed by atoms with E-state index in [2.05, 4.69) is 24.3 Å². The zero-order valence-corrected chi connectivity index (χ0v) is 9.88. The molecule has 17 heavy (non-hydrogen) atoms. The van der Waals surface area contributed by atoms with Gasteiger partial charge in [0.15, 0.2) is 0 Å². The molecule has 3 heteroatoms. The average molecular weight is 232 g/mol. The largest absolute Gasteiger partial charge is 0.481 e. The minimum absolute atomic E-state index is 0.104. The topological polar surface area (TPSA) is 37.3 Å². The Hall–Kier alpha value is -1.35. The van der Waals surface area contributed by atoms with E-state index in [-0.39, 0.29) is 5.92 Å². The third-order valence-corrected chi connectivity index (χ3v) is 4.43. The Bertz CT molecular complexity index is 431. The Morgan fingerprint density at radius 2 is 2.06 bits per heavy atom. The Balaban J connectivity index is 1.78. The second-order valence-electron chi connectivity index (χ2n) is 5.57. The van der Waals surface area contributed by atoms with Crippen LogP contribution in [-0.4, -0.2) is 35.2 Å². The maximum absolute atomic E-state index is 11.2. The first-order valence-corrected chi connectivity index (χ1v) is 6.30. The molecular formula is C14H18NO2+. The van der Waals surface area contributed by atoms with E-state index >= 15 is 0 Å². The van der Waals surface area contributed by atoms with Crippen molar-refractivity contribution in [3.8, 4) is 0 Å². The molecule has 3 rings (SSSR count). The summed E-state index contributed by atoms with van der Waals surface area (Å²) >= 11 is 0. The maximum Gasteiger partial charge on any atom is 0.312 e. The quantitative estimate of drug-likeness (QED) is 0.806. The Morgan fingerprint density at radius 3 is 2.71 bits per heavy atom. The second kappa shape index (κ2) is 3.84. The third kappa shape index (κ3) is 1.84. The molecule has 0 aliphatic carbocycles. The molecule has 3 nitrogen and oxygen atoms in total. The number of carbonyl (C=O) groups is 1. The van der Waals surface area contributed by atoms with Crippen molar-refractivity contribution >= 4 is 5.97 Å². The Morgan fingerprint density at radius 1 is 1.29 bits per heavy atom. The minimum Gasteiger partial charge on any atom is -0.481 e. The highest BCUT2D eigenvalue weighted by molar-refractivity contribution is 5.71. The van der Waals surface area contributed by atoms with E-state index in [1.165, 1.54) is 5.56 Å². The van der Waals surface area contributed by atoms with Gasteiger partial charge >= 0.3 is 5.97 Å². The molecule has 2 fully saturated rings. The molecule has 0 aromatic heterocycles. The number of hydrogen-bond donors (Lipinski definition) is 1. The molecule has 2 aliphatic rings. The van der Waals surface area contributed by atoms with E-state index in [1.54, 1.807) is 0 Å². The molecule has 1 aromatic rings. The van der Waals surface area contributed by atoms with Crippen molar-refractivity contribution in [2.75, 3.05) is 19.6 Å². The van der Waals surface area contributed by atoms with Crippen LogP contribution < -0.4 is 0 Å². The van der Waals surface area contributed by atoms with Crippen molar-refractivity contribution in [1.82, 2.24) is 0 Å². The predicted molar refractivity (Wildman–Crippen MR) is 64.2 cm³/mol. The van der Waals surface area contributed by atoms with Gasteiger partial charge in [-0.25, -0.2) is 0 Å². The molecule has 2 saturated heterocycles. The number of rotatable bonds is 3. The molecule has 1 aromatic carbocycles. The number of fused-ring (bicyclic) bond motifs is 2. The summed E-state index contributed by atoms with van der Waals surface area (Å²) < 4.78 is 0.992. The lowest BCUT2D eigenvalue weighted by atomic mass is 9.92. The first-order chi connectivity index (χ1) is 8.19. The average Bonchev–Trinajstić information content (AvgIpc) is 2.87. The summed E-state index contributed by atoms with van der Waals surface area (Å²) in [6, 6.07) is 10.4. The molecule has 0 spiro atoms. The van der Waals surface area contributed by atoms with Gasteiger partial charge < -0.3 is 9.59 Å². The number of quaternary nitrogens is 1. The highest BCUT2D eigenvalue weighted by Gasteiger charge is 2.53. The molecule has 3 unspecified atom stereocenters. The van der Waals surface area contributed by atoms with E-state index < -0.39 is 5.97 Å². The van der Waals surface area contributed by atoms with Crippen LogP contribution in [-0.2, 0) is 11.3 Å². The van der Waals surface area contributed by atoms with Crippen LogP contribution in [0.2, 0.25) is 0 Å². The van der Waals surface area contributed by atoms with E-state index in [4.69, 9.17) is 0 Å². The van der Waals surface area contributed by atoms with Gasteiger partial charge in [0.2, 0.25) is 0 Å². The number of piperidine rings is 1. The van der Waals surface area contributed by atoms with Crippen LogP contribution in [0.5, 0.6) is 0 Å². The monoisotopic (exact) mass is 232 g/mol. The fourth-order valence-electron chi connectivity index (χ4n) is 3.64. The summed E-state index contributed by atoms with van der Waals surface area (Å²) in [6.45, 7) is 4.05. The van der Waals surface area contributed by atoms with Crippen molar-refractivity contribution in [2.24, 2.45) is 11.8 Å². The van der Waals surface area contributed by atoms with Gasteiger partial charge in [0.05, 0.1) is 19.6 Å². The number of benzene rings is 1. The number of hydrogen-bond acceptors (Lipinski definition) is 1. The summed E-state index contributed by atoms with van der Waals surface area (Å²) in [6.07, 6.45) is 1.09. The van der Waals surface area contributed by atoms with Crippen LogP contribution in [0.25, 0.3) is 0 Å². The number of nitrogens with zero attached hydrogens (tertiary/aromatic N) is 1. The highest BCUT2D eigenvalue weighted by Crippen LogP contribution is 2.41. The number of aliphatic carboxylic acids is 1. The normalized spacial score (nSPS) is 35.1. The molecule has 0 saturated carbocycles. The second-order valence-corrected chi connectivity index (χ2v) is 5.57. The van der Waals surface area contributed by atoms with Gasteiger partial charge in [0.25, 0.3) is 0 Å². The number of carboxylic acid groups (broad SMARTS) is 1. The third-order valence-electron chi connectivity index (χ3n) is 4.43. The smallest absolute Gasteiger partial charge is 0.312 e. The molecule has 2 bridgehead atoms. The molecular weight excluding hydrogens is 214 g/mol. The van der Waals surface area contributed by atoms with E-state index in [1.807, 2.05) is 6.07 Å². The van der Waals surface area contributed by atoms with Gasteiger partial charge in [-0.2, -0.15) is 0 Å². The van der Waals surface area contributed by atoms with E-state index in [9.17, 15) is 9.90 Å². The first-order valence-electron chi connectivity index (χ1n) is 6.30. The molecule has 2 aliphatic heterocycles. The van der Waals surface area contributed by atoms with Crippen molar-refractivity contribution in [2.45, 2.75) is 13.0 Å². The SMILES string of the molecule is O=C(O)C1C[N+]2(Cc3ccccc3)CCC1C2. The summed E-state index contributed by atoms with van der Waals surface area (Å²) in [5.74, 6) is -0.286. The standard InChI is InChI=1S/C14H17NO2/c16-14(17)13-10-15(7-6-12(13)9-15)8-11-4-2-1-3-5-11/h1-5,12-13H,6-10H2/p+1. The summed E-state index contributed by atoms with van der Waals surface area (Å²) in [4.78, 5) is 11.2. The molecule has 0 amide bonds. The van der Waals surface area contributed by atoms with Gasteiger partial charge in [-0.1, -0.05) is 30.3 Å². The van der Waals surface area contributed by atoms with Crippen molar-refractivity contribution < 1.29 is 14.4 Å². The molecule has 1 N–H and O–H groups in total. The maximum atomic E-state index is 11.2. The summed E-state index contributed by atoms with van der Waals surface area (Å²) in [5.41, 5.74) is 1.33. The summed E-state index contributed by atoms with van der Waals surface area (Å²) in [5, 5.41) is 9.21. The fraction of sp³-hybridized carbons (Fsp3) is 0.500. The van der Waals surface area contributed by atoms with Gasteiger partial charge in [-0.3, -0.25) is 4.79 Å². The Labute approximate surface area is 101 Å². The highest BCUT2D eigenvalue weighted by atomic mass is 16.4. The zero-order valence-electron chi connectivity index (χ0n) is 9.88. The van der Waals surface area contributed by atoms with Crippen LogP contribution in [0.1, 0.15) is 12.0 Å². The van der Waals surface area contributed by atoms with Crippen LogP contribution in [0, 0.1) is 11.8 Å². The van der Waals surface area contributed by atoms with Crippen LogP contribution >= 0.6 is 0 Å². The van der Waals surface area contributed by atoms with Crippen LogP contribution in [0.4, 0.5) is 0 Å². The number of carboxylic acids is 1. The molecule has 2 heterocycles. The van der Waals surface area contributed by atoms with Crippen molar-refractivity contribution in [3.05, 3.63) is 35.9 Å². The van der Waals surface area contributed by atoms with Crippen molar-refractivity contribution in [1.29, 1.82) is 0 Å². The lowest BCUT2D eigenvalue weighted by molar-refractivity contribution is -0.923. The van der Waals surface area contributed by atoms with E-state index in [0.717, 1.165) is 37.1 Å². The van der Waals surface area contributed by atoms with Crippen molar-refractivity contribution in [3.63, 3.8) is 0 Å². The minimum atomic E-state index is -0.595. The van der Waals surface area contributed by atoms with Gasteiger partial charge in [-0.05, 0) is 0 Å². The van der Waals surface area contributed by atoms with Gasteiger partial charge in [0.1, 0.15) is 12.5 Å². The summed E-state index contributed by atoms with van der Waals surface area (Å²) in [7, 11) is 0. The predicted octanol–water partition coefficient (Wildman–Crippen LogP) is 1.74. The fourth-order valence-corrected chi connectivity index (χ4v) is 3.64. The Kier molecular flexibility index (Phi) is 2.44. The zero-order chi connectivity index (χ0) is 11.9. The van der Waals surface area contributed by atoms with Gasteiger partial charge in [0, 0.05) is 17.9 Å². The van der Waals surface area contributed by atoms with Crippen LogP contribution in [0.3, 0.4) is 0 Å². The molecule has 0 radical (unpaired) electrons.